The van der Waals surface area contributed by atoms with E-state index in [4.69, 9.17) is 0 Å². The van der Waals surface area contributed by atoms with E-state index in [-0.39, 0.29) is 6.04 Å². The lowest BCUT2D eigenvalue weighted by Crippen LogP contribution is -2.46. The van der Waals surface area contributed by atoms with Crippen LogP contribution in [-0.2, 0) is 5.60 Å². The molecule has 2 heteroatoms. The largest absolute Gasteiger partial charge is 0.384 e. The second kappa shape index (κ2) is 4.56. The van der Waals surface area contributed by atoms with E-state index in [1.54, 1.807) is 0 Å². The van der Waals surface area contributed by atoms with Crippen molar-refractivity contribution in [2.75, 3.05) is 13.1 Å². The Morgan fingerprint density at radius 3 is 2.31 bits per heavy atom. The number of likely N-dealkylation sites (tertiary alicyclic amines) is 1. The first-order valence-electron chi connectivity index (χ1n) is 6.14. The van der Waals surface area contributed by atoms with Crippen LogP contribution in [-0.4, -0.2) is 29.1 Å². The van der Waals surface area contributed by atoms with Crippen molar-refractivity contribution in [2.45, 2.75) is 38.3 Å². The van der Waals surface area contributed by atoms with Gasteiger partial charge in [0.2, 0.25) is 0 Å². The predicted molar refractivity (Wildman–Crippen MR) is 66.3 cm³/mol. The highest BCUT2D eigenvalue weighted by atomic mass is 16.3. The molecule has 0 unspecified atom stereocenters. The van der Waals surface area contributed by atoms with Gasteiger partial charge in [0, 0.05) is 6.04 Å². The first kappa shape index (κ1) is 11.6. The summed E-state index contributed by atoms with van der Waals surface area (Å²) in [5.41, 5.74) is 0.250. The minimum absolute atomic E-state index is 0.178. The number of hydrogen-bond acceptors (Lipinski definition) is 2. The SMILES string of the molecule is C[C@@H](N1CCCC1)[C@@](C)(O)c1ccccc1. The number of rotatable bonds is 3. The van der Waals surface area contributed by atoms with Crippen molar-refractivity contribution >= 4 is 0 Å². The highest BCUT2D eigenvalue weighted by Gasteiger charge is 2.35. The zero-order valence-electron chi connectivity index (χ0n) is 10.2. The Morgan fingerprint density at radius 2 is 1.75 bits per heavy atom. The first-order chi connectivity index (χ1) is 7.62. The minimum Gasteiger partial charge on any atom is -0.384 e. The molecule has 1 saturated heterocycles. The van der Waals surface area contributed by atoms with E-state index in [1.165, 1.54) is 12.8 Å². The van der Waals surface area contributed by atoms with Gasteiger partial charge in [-0.05, 0) is 45.3 Å². The lowest BCUT2D eigenvalue weighted by atomic mass is 9.88. The molecule has 1 aromatic rings. The summed E-state index contributed by atoms with van der Waals surface area (Å²) in [4.78, 5) is 2.38. The van der Waals surface area contributed by atoms with Gasteiger partial charge in [0.1, 0.15) is 5.60 Å². The van der Waals surface area contributed by atoms with E-state index in [0.717, 1.165) is 18.7 Å². The average molecular weight is 219 g/mol. The maximum Gasteiger partial charge on any atom is 0.102 e. The molecule has 0 saturated carbocycles. The van der Waals surface area contributed by atoms with E-state index in [1.807, 2.05) is 37.3 Å². The Morgan fingerprint density at radius 1 is 1.19 bits per heavy atom. The van der Waals surface area contributed by atoms with Gasteiger partial charge in [0.05, 0.1) is 0 Å². The summed E-state index contributed by atoms with van der Waals surface area (Å²) < 4.78 is 0. The Balaban J connectivity index is 2.17. The van der Waals surface area contributed by atoms with Crippen LogP contribution in [0.5, 0.6) is 0 Å². The molecular weight excluding hydrogens is 198 g/mol. The monoisotopic (exact) mass is 219 g/mol. The van der Waals surface area contributed by atoms with Gasteiger partial charge >= 0.3 is 0 Å². The Hall–Kier alpha value is -0.860. The molecule has 0 aromatic heterocycles. The van der Waals surface area contributed by atoms with E-state index in [2.05, 4.69) is 11.8 Å². The molecule has 1 aromatic carbocycles. The molecule has 2 rings (SSSR count). The molecule has 1 aliphatic heterocycles. The van der Waals surface area contributed by atoms with Crippen molar-refractivity contribution in [1.29, 1.82) is 0 Å². The van der Waals surface area contributed by atoms with Crippen LogP contribution >= 0.6 is 0 Å². The van der Waals surface area contributed by atoms with Crippen LogP contribution in [0.3, 0.4) is 0 Å². The Kier molecular flexibility index (Phi) is 3.31. The molecule has 0 spiro atoms. The van der Waals surface area contributed by atoms with Crippen LogP contribution in [0.4, 0.5) is 0 Å². The summed E-state index contributed by atoms with van der Waals surface area (Å²) in [5, 5.41) is 10.7. The van der Waals surface area contributed by atoms with Gasteiger partial charge in [0.15, 0.2) is 0 Å². The third-order valence-electron chi connectivity index (χ3n) is 3.86. The van der Waals surface area contributed by atoms with Gasteiger partial charge in [-0.3, -0.25) is 4.90 Å². The van der Waals surface area contributed by atoms with E-state index in [9.17, 15) is 5.11 Å². The first-order valence-corrected chi connectivity index (χ1v) is 6.14. The lowest BCUT2D eigenvalue weighted by Gasteiger charge is -2.37. The number of nitrogens with zero attached hydrogens (tertiary/aromatic N) is 1. The molecule has 0 radical (unpaired) electrons. The molecule has 0 bridgehead atoms. The van der Waals surface area contributed by atoms with Crippen molar-refractivity contribution in [3.8, 4) is 0 Å². The average Bonchev–Trinajstić information content (AvgIpc) is 2.82. The van der Waals surface area contributed by atoms with Gasteiger partial charge in [-0.2, -0.15) is 0 Å². The van der Waals surface area contributed by atoms with Crippen molar-refractivity contribution < 1.29 is 5.11 Å². The summed E-state index contributed by atoms with van der Waals surface area (Å²) in [5.74, 6) is 0. The molecular formula is C14H21NO. The normalized spacial score (nSPS) is 22.9. The van der Waals surface area contributed by atoms with Crippen LogP contribution in [0, 0.1) is 0 Å². The molecule has 0 amide bonds. The van der Waals surface area contributed by atoms with Gasteiger partial charge in [-0.25, -0.2) is 0 Å². The highest BCUT2D eigenvalue weighted by molar-refractivity contribution is 5.23. The van der Waals surface area contributed by atoms with E-state index >= 15 is 0 Å². The standard InChI is InChI=1S/C14H21NO/c1-12(15-10-6-7-11-15)14(2,16)13-8-4-3-5-9-13/h3-5,8-9,12,16H,6-7,10-11H2,1-2H3/t12-,14-/m1/s1. The zero-order chi connectivity index (χ0) is 11.6. The summed E-state index contributed by atoms with van der Waals surface area (Å²) in [7, 11) is 0. The molecule has 1 fully saturated rings. The second-order valence-corrected chi connectivity index (χ2v) is 4.93. The maximum atomic E-state index is 10.7. The van der Waals surface area contributed by atoms with Crippen LogP contribution in [0.25, 0.3) is 0 Å². The second-order valence-electron chi connectivity index (χ2n) is 4.93. The third kappa shape index (κ3) is 2.13. The Labute approximate surface area is 97.9 Å². The summed E-state index contributed by atoms with van der Waals surface area (Å²) >= 11 is 0. The van der Waals surface area contributed by atoms with E-state index < -0.39 is 5.60 Å². The molecule has 2 atom stereocenters. The van der Waals surface area contributed by atoms with Crippen LogP contribution in [0.2, 0.25) is 0 Å². The number of hydrogen-bond donors (Lipinski definition) is 1. The molecule has 0 aliphatic carbocycles. The fraction of sp³-hybridized carbons (Fsp3) is 0.571. The van der Waals surface area contributed by atoms with Crippen molar-refractivity contribution in [3.63, 3.8) is 0 Å². The molecule has 88 valence electrons. The quantitative estimate of drug-likeness (QED) is 0.843. The topological polar surface area (TPSA) is 23.5 Å². The minimum atomic E-state index is -0.758. The van der Waals surface area contributed by atoms with Crippen LogP contribution < -0.4 is 0 Å². The fourth-order valence-corrected chi connectivity index (χ4v) is 2.50. The smallest absolute Gasteiger partial charge is 0.102 e. The highest BCUT2D eigenvalue weighted by Crippen LogP contribution is 2.29. The summed E-state index contributed by atoms with van der Waals surface area (Å²) in [6.07, 6.45) is 2.52. The van der Waals surface area contributed by atoms with Gasteiger partial charge in [0.25, 0.3) is 0 Å². The van der Waals surface area contributed by atoms with Crippen LogP contribution in [0.1, 0.15) is 32.3 Å². The number of aliphatic hydroxyl groups is 1. The van der Waals surface area contributed by atoms with Crippen molar-refractivity contribution in [1.82, 2.24) is 4.90 Å². The Bertz CT molecular complexity index is 328. The molecule has 1 N–H and O–H groups in total. The number of benzene rings is 1. The molecule has 2 nitrogen and oxygen atoms in total. The molecule has 16 heavy (non-hydrogen) atoms. The summed E-state index contributed by atoms with van der Waals surface area (Å²) in [6, 6.07) is 10.2. The van der Waals surface area contributed by atoms with Crippen molar-refractivity contribution in [2.24, 2.45) is 0 Å². The lowest BCUT2D eigenvalue weighted by molar-refractivity contribution is -0.0236. The van der Waals surface area contributed by atoms with Gasteiger partial charge in [-0.15, -0.1) is 0 Å². The van der Waals surface area contributed by atoms with Gasteiger partial charge in [-0.1, -0.05) is 30.3 Å². The van der Waals surface area contributed by atoms with Crippen LogP contribution in [0.15, 0.2) is 30.3 Å². The van der Waals surface area contributed by atoms with Gasteiger partial charge < -0.3 is 5.11 Å². The molecule has 1 heterocycles. The predicted octanol–water partition coefficient (Wildman–Crippen LogP) is 2.38. The third-order valence-corrected chi connectivity index (χ3v) is 3.86. The van der Waals surface area contributed by atoms with E-state index in [0.29, 0.717) is 0 Å². The molecule has 1 aliphatic rings. The van der Waals surface area contributed by atoms with Crippen molar-refractivity contribution in [3.05, 3.63) is 35.9 Å². The fourth-order valence-electron chi connectivity index (χ4n) is 2.50. The maximum absolute atomic E-state index is 10.7. The summed E-state index contributed by atoms with van der Waals surface area (Å²) in [6.45, 7) is 6.28. The zero-order valence-corrected chi connectivity index (χ0v) is 10.2.